The number of aliphatic hydroxyl groups excluding tert-OH is 1. The van der Waals surface area contributed by atoms with Crippen molar-refractivity contribution in [3.8, 4) is 11.8 Å². The quantitative estimate of drug-likeness (QED) is 0.855. The van der Waals surface area contributed by atoms with Crippen molar-refractivity contribution in [2.75, 3.05) is 11.9 Å². The molecule has 2 N–H and O–H groups in total. The lowest BCUT2D eigenvalue weighted by Gasteiger charge is -2.27. The number of nitrogens with one attached hydrogen (secondary N) is 1. The Hall–Kier alpha value is -1.73. The Morgan fingerprint density at radius 3 is 2.83 bits per heavy atom. The van der Waals surface area contributed by atoms with Crippen molar-refractivity contribution in [3.05, 3.63) is 24.3 Å². The van der Waals surface area contributed by atoms with Gasteiger partial charge < -0.3 is 15.2 Å². The Morgan fingerprint density at radius 2 is 2.11 bits per heavy atom. The largest absolute Gasteiger partial charge is 0.479 e. The van der Waals surface area contributed by atoms with Gasteiger partial charge in [-0.05, 0) is 37.8 Å². The minimum atomic E-state index is -0.131. The van der Waals surface area contributed by atoms with Gasteiger partial charge in [-0.25, -0.2) is 0 Å². The summed E-state index contributed by atoms with van der Waals surface area (Å²) in [7, 11) is 0. The predicted octanol–water partition coefficient (Wildman–Crippen LogP) is 2.30. The van der Waals surface area contributed by atoms with Crippen LogP contribution in [0, 0.1) is 11.3 Å². The second-order valence-corrected chi connectivity index (χ2v) is 4.62. The molecule has 0 aliphatic heterocycles. The molecule has 4 heteroatoms. The van der Waals surface area contributed by atoms with Crippen LogP contribution in [0.2, 0.25) is 0 Å². The summed E-state index contributed by atoms with van der Waals surface area (Å²) in [4.78, 5) is 0. The number of nitriles is 1. The van der Waals surface area contributed by atoms with E-state index in [9.17, 15) is 5.11 Å². The lowest BCUT2D eigenvalue weighted by atomic mass is 9.93. The highest BCUT2D eigenvalue weighted by atomic mass is 16.5. The molecule has 1 aromatic rings. The first-order valence-electron chi connectivity index (χ1n) is 6.32. The highest BCUT2D eigenvalue weighted by Crippen LogP contribution is 2.24. The van der Waals surface area contributed by atoms with Crippen LogP contribution in [0.4, 0.5) is 5.69 Å². The molecule has 4 nitrogen and oxygen atoms in total. The van der Waals surface area contributed by atoms with E-state index >= 15 is 0 Å². The van der Waals surface area contributed by atoms with Gasteiger partial charge in [-0.2, -0.15) is 5.26 Å². The van der Waals surface area contributed by atoms with Gasteiger partial charge in [-0.1, -0.05) is 6.07 Å². The maximum Gasteiger partial charge on any atom is 0.174 e. The van der Waals surface area contributed by atoms with E-state index in [0.717, 1.165) is 31.4 Å². The summed E-state index contributed by atoms with van der Waals surface area (Å²) in [5.74, 6) is 0.706. The summed E-state index contributed by atoms with van der Waals surface area (Å²) in [6.07, 6.45) is 3.58. The van der Waals surface area contributed by atoms with Gasteiger partial charge in [0, 0.05) is 17.8 Å². The molecule has 0 bridgehead atoms. The number of rotatable bonds is 4. The van der Waals surface area contributed by atoms with Gasteiger partial charge in [0.2, 0.25) is 0 Å². The van der Waals surface area contributed by atoms with Gasteiger partial charge in [0.25, 0.3) is 0 Å². The zero-order valence-electron chi connectivity index (χ0n) is 10.3. The molecular formula is C14H18N2O2. The van der Waals surface area contributed by atoms with Gasteiger partial charge in [-0.3, -0.25) is 0 Å². The number of hydrogen-bond donors (Lipinski definition) is 2. The SMILES string of the molecule is N#CCOc1cccc(NC2CCC(O)CC2)c1. The molecule has 1 aromatic carbocycles. The maximum atomic E-state index is 9.46. The molecule has 0 radical (unpaired) electrons. The van der Waals surface area contributed by atoms with E-state index in [1.54, 1.807) is 0 Å². The summed E-state index contributed by atoms with van der Waals surface area (Å²) >= 11 is 0. The summed E-state index contributed by atoms with van der Waals surface area (Å²) in [6, 6.07) is 10.0. The van der Waals surface area contributed by atoms with Crippen LogP contribution in [-0.4, -0.2) is 23.9 Å². The summed E-state index contributed by atoms with van der Waals surface area (Å²) < 4.78 is 5.26. The number of aliphatic hydroxyl groups is 1. The molecule has 0 saturated heterocycles. The van der Waals surface area contributed by atoms with Crippen LogP contribution < -0.4 is 10.1 Å². The topological polar surface area (TPSA) is 65.3 Å². The third-order valence-electron chi connectivity index (χ3n) is 3.20. The Labute approximate surface area is 107 Å². The van der Waals surface area contributed by atoms with Gasteiger partial charge in [-0.15, -0.1) is 0 Å². The highest BCUT2D eigenvalue weighted by molar-refractivity contribution is 5.49. The van der Waals surface area contributed by atoms with E-state index in [1.807, 2.05) is 30.3 Å². The second kappa shape index (κ2) is 6.27. The Morgan fingerprint density at radius 1 is 1.33 bits per heavy atom. The Bertz CT molecular complexity index is 420. The van der Waals surface area contributed by atoms with E-state index in [-0.39, 0.29) is 12.7 Å². The van der Waals surface area contributed by atoms with E-state index in [0.29, 0.717) is 11.8 Å². The average Bonchev–Trinajstić information content (AvgIpc) is 2.40. The van der Waals surface area contributed by atoms with E-state index in [2.05, 4.69) is 5.32 Å². The third kappa shape index (κ3) is 3.64. The minimum Gasteiger partial charge on any atom is -0.479 e. The molecule has 1 fully saturated rings. The summed E-state index contributed by atoms with van der Waals surface area (Å²) in [5.41, 5.74) is 1.01. The number of nitrogens with zero attached hydrogens (tertiary/aromatic N) is 1. The zero-order chi connectivity index (χ0) is 12.8. The average molecular weight is 246 g/mol. The third-order valence-corrected chi connectivity index (χ3v) is 3.20. The molecule has 0 heterocycles. The van der Waals surface area contributed by atoms with Crippen molar-refractivity contribution in [3.63, 3.8) is 0 Å². The number of benzene rings is 1. The van der Waals surface area contributed by atoms with Crippen molar-refractivity contribution >= 4 is 5.69 Å². The van der Waals surface area contributed by atoms with Gasteiger partial charge in [0.15, 0.2) is 6.61 Å². The first-order valence-corrected chi connectivity index (χ1v) is 6.32. The monoisotopic (exact) mass is 246 g/mol. The minimum absolute atomic E-state index is 0.0685. The smallest absolute Gasteiger partial charge is 0.174 e. The van der Waals surface area contributed by atoms with Crippen molar-refractivity contribution in [2.45, 2.75) is 37.8 Å². The molecule has 1 aliphatic carbocycles. The fraction of sp³-hybridized carbons (Fsp3) is 0.500. The highest BCUT2D eigenvalue weighted by Gasteiger charge is 2.18. The van der Waals surface area contributed by atoms with E-state index in [1.165, 1.54) is 0 Å². The summed E-state index contributed by atoms with van der Waals surface area (Å²) in [6.45, 7) is 0.0685. The molecule has 0 spiro atoms. The van der Waals surface area contributed by atoms with Crippen LogP contribution in [0.15, 0.2) is 24.3 Å². The fourth-order valence-corrected chi connectivity index (χ4v) is 2.25. The van der Waals surface area contributed by atoms with Crippen molar-refractivity contribution in [1.82, 2.24) is 0 Å². The molecule has 96 valence electrons. The Balaban J connectivity index is 1.91. The molecule has 2 rings (SSSR count). The maximum absolute atomic E-state index is 9.46. The number of anilines is 1. The van der Waals surface area contributed by atoms with Crippen LogP contribution in [-0.2, 0) is 0 Å². The molecule has 18 heavy (non-hydrogen) atoms. The zero-order valence-corrected chi connectivity index (χ0v) is 10.3. The molecule has 1 aliphatic rings. The first-order chi connectivity index (χ1) is 8.78. The van der Waals surface area contributed by atoms with Crippen molar-refractivity contribution < 1.29 is 9.84 Å². The molecular weight excluding hydrogens is 228 g/mol. The van der Waals surface area contributed by atoms with Crippen LogP contribution in [0.5, 0.6) is 5.75 Å². The predicted molar refractivity (Wildman–Crippen MR) is 69.4 cm³/mol. The van der Waals surface area contributed by atoms with Gasteiger partial charge in [0.05, 0.1) is 6.10 Å². The number of hydrogen-bond acceptors (Lipinski definition) is 4. The van der Waals surface area contributed by atoms with E-state index < -0.39 is 0 Å². The van der Waals surface area contributed by atoms with E-state index in [4.69, 9.17) is 10.00 Å². The fourth-order valence-electron chi connectivity index (χ4n) is 2.25. The van der Waals surface area contributed by atoms with Crippen LogP contribution in [0.3, 0.4) is 0 Å². The first kappa shape index (κ1) is 12.7. The standard InChI is InChI=1S/C14H18N2O2/c15-8-9-18-14-3-1-2-12(10-14)16-11-4-6-13(17)7-5-11/h1-3,10-11,13,16-17H,4-7,9H2. The van der Waals surface area contributed by atoms with Crippen molar-refractivity contribution in [1.29, 1.82) is 5.26 Å². The molecule has 0 unspecified atom stereocenters. The van der Waals surface area contributed by atoms with Crippen LogP contribution in [0.25, 0.3) is 0 Å². The number of ether oxygens (including phenoxy) is 1. The molecule has 0 amide bonds. The van der Waals surface area contributed by atoms with Crippen LogP contribution >= 0.6 is 0 Å². The van der Waals surface area contributed by atoms with Gasteiger partial charge >= 0.3 is 0 Å². The lowest BCUT2D eigenvalue weighted by Crippen LogP contribution is -2.28. The lowest BCUT2D eigenvalue weighted by molar-refractivity contribution is 0.126. The van der Waals surface area contributed by atoms with Crippen molar-refractivity contribution in [2.24, 2.45) is 0 Å². The molecule has 1 saturated carbocycles. The molecule has 0 atom stereocenters. The van der Waals surface area contributed by atoms with Gasteiger partial charge in [0.1, 0.15) is 11.8 Å². The normalized spacial score (nSPS) is 23.1. The summed E-state index contributed by atoms with van der Waals surface area (Å²) in [5, 5.41) is 21.4. The second-order valence-electron chi connectivity index (χ2n) is 4.62. The Kier molecular flexibility index (Phi) is 4.43. The molecule has 0 aromatic heterocycles. The van der Waals surface area contributed by atoms with Crippen LogP contribution in [0.1, 0.15) is 25.7 Å².